The molecule has 20 heavy (non-hydrogen) atoms. The summed E-state index contributed by atoms with van der Waals surface area (Å²) in [7, 11) is 0. The lowest BCUT2D eigenvalue weighted by Crippen LogP contribution is -2.47. The van der Waals surface area contributed by atoms with Crippen molar-refractivity contribution in [3.05, 3.63) is 16.7 Å². The molecule has 0 bridgehead atoms. The number of anilines is 2. The predicted molar refractivity (Wildman–Crippen MR) is 80.8 cm³/mol. The molecule has 1 aliphatic rings. The number of hydrogen-bond donors (Lipinski definition) is 3. The number of nitrogens with zero attached hydrogens (tertiary/aromatic N) is 3. The number of nitrogens with one attached hydrogen (secondary N) is 1. The zero-order chi connectivity index (χ0) is 14.4. The topological polar surface area (TPSA) is 104 Å². The molecule has 7 nitrogen and oxygen atoms in total. The van der Waals surface area contributed by atoms with E-state index >= 15 is 0 Å². The molecule has 7 heteroatoms. The molecular formula is C13H24N6O. The lowest BCUT2D eigenvalue weighted by Gasteiger charge is -2.35. The summed E-state index contributed by atoms with van der Waals surface area (Å²) < 4.78 is 0. The first-order valence-electron chi connectivity index (χ1n) is 7.23. The van der Waals surface area contributed by atoms with Crippen molar-refractivity contribution in [2.45, 2.75) is 19.3 Å². The Labute approximate surface area is 119 Å². The van der Waals surface area contributed by atoms with Crippen LogP contribution in [-0.2, 0) is 0 Å². The smallest absolute Gasteiger partial charge is 0.276 e. The number of aromatic amines is 1. The van der Waals surface area contributed by atoms with Crippen LogP contribution in [0, 0.1) is 0 Å². The van der Waals surface area contributed by atoms with Gasteiger partial charge in [-0.2, -0.15) is 0 Å². The summed E-state index contributed by atoms with van der Waals surface area (Å²) in [5.74, 6) is 0.608. The van der Waals surface area contributed by atoms with Gasteiger partial charge in [0.15, 0.2) is 5.82 Å². The largest absolute Gasteiger partial charge is 0.391 e. The number of nitrogen functional groups attached to an aromatic ring is 1. The first-order chi connectivity index (χ1) is 9.72. The highest BCUT2D eigenvalue weighted by Gasteiger charge is 2.20. The Morgan fingerprint density at radius 1 is 1.20 bits per heavy atom. The highest BCUT2D eigenvalue weighted by Crippen LogP contribution is 2.17. The van der Waals surface area contributed by atoms with Gasteiger partial charge >= 0.3 is 0 Å². The van der Waals surface area contributed by atoms with E-state index in [0.717, 1.165) is 45.7 Å². The summed E-state index contributed by atoms with van der Waals surface area (Å²) in [6.07, 6.45) is 4.91. The average Bonchev–Trinajstić information content (AvgIpc) is 2.47. The Bertz CT molecular complexity index is 466. The number of unbranched alkanes of at least 4 members (excludes halogenated alkanes) is 2. The minimum atomic E-state index is -0.265. The van der Waals surface area contributed by atoms with Gasteiger partial charge in [-0.3, -0.25) is 9.69 Å². The van der Waals surface area contributed by atoms with Gasteiger partial charge in [-0.05, 0) is 25.9 Å². The SMILES string of the molecule is NCCCCCN1CCN(c2nc[nH]c(=O)c2N)CC1. The Kier molecular flexibility index (Phi) is 5.37. The van der Waals surface area contributed by atoms with Gasteiger partial charge in [0.25, 0.3) is 5.56 Å². The summed E-state index contributed by atoms with van der Waals surface area (Å²) in [6, 6.07) is 0. The van der Waals surface area contributed by atoms with Gasteiger partial charge in [0, 0.05) is 26.2 Å². The van der Waals surface area contributed by atoms with E-state index in [1.165, 1.54) is 19.2 Å². The third-order valence-electron chi connectivity index (χ3n) is 3.72. The van der Waals surface area contributed by atoms with Crippen LogP contribution in [0.4, 0.5) is 11.5 Å². The maximum Gasteiger partial charge on any atom is 0.276 e. The van der Waals surface area contributed by atoms with Crippen LogP contribution in [0.1, 0.15) is 19.3 Å². The predicted octanol–water partition coefficient (Wildman–Crippen LogP) is -0.397. The molecule has 0 unspecified atom stereocenters. The number of aromatic nitrogens is 2. The fourth-order valence-corrected chi connectivity index (χ4v) is 2.49. The summed E-state index contributed by atoms with van der Waals surface area (Å²) in [5.41, 5.74) is 11.2. The van der Waals surface area contributed by atoms with Crippen molar-refractivity contribution in [3.8, 4) is 0 Å². The Hall–Kier alpha value is -1.60. The molecule has 0 amide bonds. The quantitative estimate of drug-likeness (QED) is 0.613. The van der Waals surface area contributed by atoms with Gasteiger partial charge in [-0.15, -0.1) is 0 Å². The second kappa shape index (κ2) is 7.25. The van der Waals surface area contributed by atoms with Gasteiger partial charge in [0.1, 0.15) is 5.69 Å². The van der Waals surface area contributed by atoms with E-state index in [-0.39, 0.29) is 11.2 Å². The lowest BCUT2D eigenvalue weighted by atomic mass is 10.2. The highest BCUT2D eigenvalue weighted by molar-refractivity contribution is 5.61. The molecule has 1 aliphatic heterocycles. The second-order valence-electron chi connectivity index (χ2n) is 5.15. The summed E-state index contributed by atoms with van der Waals surface area (Å²) in [4.78, 5) is 22.7. The second-order valence-corrected chi connectivity index (χ2v) is 5.15. The first-order valence-corrected chi connectivity index (χ1v) is 7.23. The van der Waals surface area contributed by atoms with Crippen molar-refractivity contribution in [2.75, 3.05) is 49.9 Å². The zero-order valence-electron chi connectivity index (χ0n) is 11.8. The molecule has 112 valence electrons. The van der Waals surface area contributed by atoms with Crippen LogP contribution in [0.15, 0.2) is 11.1 Å². The molecule has 2 heterocycles. The maximum atomic E-state index is 11.5. The van der Waals surface area contributed by atoms with Crippen molar-refractivity contribution in [2.24, 2.45) is 5.73 Å². The van der Waals surface area contributed by atoms with Crippen molar-refractivity contribution in [1.29, 1.82) is 0 Å². The van der Waals surface area contributed by atoms with Gasteiger partial charge in [-0.1, -0.05) is 6.42 Å². The third-order valence-corrected chi connectivity index (χ3v) is 3.72. The molecule has 1 fully saturated rings. The third kappa shape index (κ3) is 3.71. The van der Waals surface area contributed by atoms with Gasteiger partial charge in [0.05, 0.1) is 6.33 Å². The van der Waals surface area contributed by atoms with Gasteiger partial charge in [-0.25, -0.2) is 4.98 Å². The van der Waals surface area contributed by atoms with E-state index in [1.54, 1.807) is 0 Å². The fourth-order valence-electron chi connectivity index (χ4n) is 2.49. The Balaban J connectivity index is 1.82. The molecule has 1 saturated heterocycles. The van der Waals surface area contributed by atoms with Gasteiger partial charge in [0.2, 0.25) is 0 Å². The zero-order valence-corrected chi connectivity index (χ0v) is 11.8. The summed E-state index contributed by atoms with van der Waals surface area (Å²) in [6.45, 7) is 5.58. The number of H-pyrrole nitrogens is 1. The van der Waals surface area contributed by atoms with Gasteiger partial charge < -0.3 is 21.4 Å². The van der Waals surface area contributed by atoms with E-state index in [2.05, 4.69) is 19.8 Å². The van der Waals surface area contributed by atoms with E-state index in [9.17, 15) is 4.79 Å². The van der Waals surface area contributed by atoms with Crippen LogP contribution in [0.2, 0.25) is 0 Å². The van der Waals surface area contributed by atoms with Crippen LogP contribution in [0.3, 0.4) is 0 Å². The summed E-state index contributed by atoms with van der Waals surface area (Å²) >= 11 is 0. The van der Waals surface area contributed by atoms with E-state index < -0.39 is 0 Å². The van der Waals surface area contributed by atoms with E-state index in [4.69, 9.17) is 11.5 Å². The van der Waals surface area contributed by atoms with Crippen LogP contribution >= 0.6 is 0 Å². The standard InChI is InChI=1S/C13H24N6O/c14-4-2-1-3-5-18-6-8-19(9-7-18)12-11(15)13(20)17-10-16-12/h10H,1-9,14-15H2,(H,16,17,20). The molecule has 1 aromatic rings. The van der Waals surface area contributed by atoms with Crippen molar-refractivity contribution < 1.29 is 0 Å². The van der Waals surface area contributed by atoms with Crippen LogP contribution in [0.25, 0.3) is 0 Å². The first kappa shape index (κ1) is 14.8. The highest BCUT2D eigenvalue weighted by atomic mass is 16.1. The normalized spacial score (nSPS) is 16.6. The number of rotatable bonds is 6. The molecule has 5 N–H and O–H groups in total. The summed E-state index contributed by atoms with van der Waals surface area (Å²) in [5, 5.41) is 0. The number of piperazine rings is 1. The lowest BCUT2D eigenvalue weighted by molar-refractivity contribution is 0.252. The molecule has 0 saturated carbocycles. The van der Waals surface area contributed by atoms with E-state index in [0.29, 0.717) is 5.82 Å². The molecule has 0 spiro atoms. The average molecular weight is 280 g/mol. The molecule has 1 aromatic heterocycles. The van der Waals surface area contributed by atoms with Crippen molar-refractivity contribution in [3.63, 3.8) is 0 Å². The van der Waals surface area contributed by atoms with E-state index in [1.807, 2.05) is 0 Å². The monoisotopic (exact) mass is 280 g/mol. The van der Waals surface area contributed by atoms with Crippen molar-refractivity contribution >= 4 is 11.5 Å². The molecule has 0 aromatic carbocycles. The van der Waals surface area contributed by atoms with Crippen LogP contribution < -0.4 is 21.9 Å². The van der Waals surface area contributed by atoms with Crippen molar-refractivity contribution in [1.82, 2.24) is 14.9 Å². The minimum absolute atomic E-state index is 0.212. The minimum Gasteiger partial charge on any atom is -0.391 e. The molecular weight excluding hydrogens is 256 g/mol. The Morgan fingerprint density at radius 2 is 1.95 bits per heavy atom. The Morgan fingerprint density at radius 3 is 2.65 bits per heavy atom. The maximum absolute atomic E-state index is 11.5. The van der Waals surface area contributed by atoms with Crippen LogP contribution in [-0.4, -0.2) is 54.1 Å². The molecule has 0 atom stereocenters. The number of nitrogens with two attached hydrogens (primary N) is 2. The molecule has 2 rings (SSSR count). The number of hydrogen-bond acceptors (Lipinski definition) is 6. The van der Waals surface area contributed by atoms with Crippen LogP contribution in [0.5, 0.6) is 0 Å². The molecule has 0 aliphatic carbocycles. The fraction of sp³-hybridized carbons (Fsp3) is 0.692. The molecule has 0 radical (unpaired) electrons.